The molecule has 1 aromatic heterocycles. The Labute approximate surface area is 194 Å². The number of aliphatic hydroxyl groups is 1. The van der Waals surface area contributed by atoms with Crippen molar-refractivity contribution in [3.8, 4) is 11.1 Å². The summed E-state index contributed by atoms with van der Waals surface area (Å²) < 4.78 is 65.8. The van der Waals surface area contributed by atoms with Crippen LogP contribution in [0.4, 0.5) is 22.0 Å². The summed E-state index contributed by atoms with van der Waals surface area (Å²) in [5.41, 5.74) is -2.39. The lowest BCUT2D eigenvalue weighted by atomic mass is 9.94. The van der Waals surface area contributed by atoms with Crippen molar-refractivity contribution in [2.24, 2.45) is 0 Å². The Morgan fingerprint density at radius 1 is 1.14 bits per heavy atom. The lowest BCUT2D eigenvalue weighted by molar-refractivity contribution is -0.137. The highest BCUT2D eigenvalue weighted by molar-refractivity contribution is 6.01. The number of aromatic nitrogens is 2. The first-order valence-corrected chi connectivity index (χ1v) is 10.2. The molecule has 2 aromatic carbocycles. The normalized spacial score (nSPS) is 20.2. The van der Waals surface area contributed by atoms with Crippen LogP contribution in [0.25, 0.3) is 11.1 Å². The van der Waals surface area contributed by atoms with Gasteiger partial charge in [-0.1, -0.05) is 30.3 Å². The fourth-order valence-electron chi connectivity index (χ4n) is 3.88. The molecule has 1 aliphatic heterocycles. The zero-order valence-corrected chi connectivity index (χ0v) is 17.7. The van der Waals surface area contributed by atoms with Crippen molar-refractivity contribution in [3.05, 3.63) is 77.6 Å². The van der Waals surface area contributed by atoms with Crippen LogP contribution < -0.4 is 16.0 Å². The van der Waals surface area contributed by atoms with Gasteiger partial charge in [-0.2, -0.15) is 27.1 Å². The van der Waals surface area contributed by atoms with Gasteiger partial charge in [0.2, 0.25) is 0 Å². The topological polar surface area (TPSA) is 108 Å². The maximum Gasteiger partial charge on any atom is 0.416 e. The highest BCUT2D eigenvalue weighted by atomic mass is 19.4. The van der Waals surface area contributed by atoms with Crippen LogP contribution in [0.2, 0.25) is 0 Å². The van der Waals surface area contributed by atoms with Gasteiger partial charge in [0.1, 0.15) is 0 Å². The van der Waals surface area contributed by atoms with E-state index in [1.807, 2.05) is 0 Å². The second-order valence-corrected chi connectivity index (χ2v) is 7.67. The van der Waals surface area contributed by atoms with Crippen molar-refractivity contribution in [3.63, 3.8) is 0 Å². The molecule has 0 bridgehead atoms. The minimum absolute atomic E-state index is 0.0729. The summed E-state index contributed by atoms with van der Waals surface area (Å²) in [6.45, 7) is -3.64. The number of rotatable bonds is 6. The van der Waals surface area contributed by atoms with E-state index < -0.39 is 48.5 Å². The lowest BCUT2D eigenvalue weighted by Crippen LogP contribution is -2.54. The van der Waals surface area contributed by atoms with Crippen LogP contribution in [0.5, 0.6) is 0 Å². The van der Waals surface area contributed by atoms with E-state index in [9.17, 15) is 36.6 Å². The smallest absolute Gasteiger partial charge is 0.361 e. The zero-order chi connectivity index (χ0) is 25.4. The van der Waals surface area contributed by atoms with Gasteiger partial charge in [0.15, 0.2) is 11.9 Å². The second-order valence-electron chi connectivity index (χ2n) is 7.67. The quantitative estimate of drug-likeness (QED) is 0.394. The van der Waals surface area contributed by atoms with E-state index in [-0.39, 0.29) is 15.9 Å². The number of alkyl halides is 5. The van der Waals surface area contributed by atoms with Crippen LogP contribution in [0.1, 0.15) is 28.2 Å². The molecule has 2 atom stereocenters. The summed E-state index contributed by atoms with van der Waals surface area (Å²) in [4.78, 5) is 25.7. The summed E-state index contributed by atoms with van der Waals surface area (Å²) in [5, 5.41) is 20.5. The molecule has 0 spiro atoms. The molecule has 4 rings (SSSR count). The third kappa shape index (κ3) is 4.59. The average Bonchev–Trinajstić information content (AvgIpc) is 3.42. The Bertz CT molecular complexity index is 1240. The maximum atomic E-state index is 13.4. The molecule has 0 saturated carbocycles. The van der Waals surface area contributed by atoms with Crippen molar-refractivity contribution in [2.75, 3.05) is 6.54 Å². The van der Waals surface area contributed by atoms with E-state index in [2.05, 4.69) is 21.0 Å². The number of halogens is 5. The van der Waals surface area contributed by atoms with Gasteiger partial charge in [-0.05, 0) is 35.4 Å². The van der Waals surface area contributed by atoms with E-state index in [1.54, 1.807) is 6.07 Å². The molecule has 1 aliphatic rings. The lowest BCUT2D eigenvalue weighted by Gasteiger charge is -2.27. The summed E-state index contributed by atoms with van der Waals surface area (Å²) in [6.07, 6.45) is -5.04. The van der Waals surface area contributed by atoms with Crippen molar-refractivity contribution in [1.82, 2.24) is 25.7 Å². The second kappa shape index (κ2) is 9.07. The van der Waals surface area contributed by atoms with Gasteiger partial charge in [0.25, 0.3) is 11.8 Å². The fourth-order valence-corrected chi connectivity index (χ4v) is 3.88. The molecular formula is C22H18F5N5O3. The summed E-state index contributed by atoms with van der Waals surface area (Å²) in [7, 11) is 0. The van der Waals surface area contributed by atoms with Gasteiger partial charge in [0.05, 0.1) is 17.8 Å². The van der Waals surface area contributed by atoms with Crippen molar-refractivity contribution < 1.29 is 36.6 Å². The highest BCUT2D eigenvalue weighted by Gasteiger charge is 2.50. The number of hydrogen-bond donors (Lipinski definition) is 4. The molecule has 4 N–H and O–H groups in total. The molecule has 2 amide bonds. The number of nitrogens with one attached hydrogen (secondary N) is 3. The molecule has 0 aliphatic carbocycles. The average molecular weight is 495 g/mol. The molecule has 1 fully saturated rings. The first kappa shape index (κ1) is 24.3. The molecule has 1 saturated heterocycles. The third-order valence-corrected chi connectivity index (χ3v) is 5.54. The monoisotopic (exact) mass is 495 g/mol. The van der Waals surface area contributed by atoms with Crippen LogP contribution in [-0.4, -0.2) is 39.6 Å². The Morgan fingerprint density at radius 3 is 2.43 bits per heavy atom. The largest absolute Gasteiger partial charge is 0.416 e. The van der Waals surface area contributed by atoms with Crippen LogP contribution >= 0.6 is 0 Å². The SMILES string of the molecule is O=C(NCC1(c2ccnn2C(F)F)NC(O)NC1=O)c1ccccc1-c1ccc(C(F)(F)F)cc1. The van der Waals surface area contributed by atoms with Gasteiger partial charge >= 0.3 is 12.7 Å². The molecule has 8 nitrogen and oxygen atoms in total. The van der Waals surface area contributed by atoms with E-state index >= 15 is 0 Å². The number of amides is 2. The Balaban J connectivity index is 1.63. The van der Waals surface area contributed by atoms with Crippen molar-refractivity contribution >= 4 is 11.8 Å². The van der Waals surface area contributed by atoms with Crippen LogP contribution in [-0.2, 0) is 16.5 Å². The summed E-state index contributed by atoms with van der Waals surface area (Å²) >= 11 is 0. The minimum atomic E-state index is -4.52. The van der Waals surface area contributed by atoms with Crippen molar-refractivity contribution in [2.45, 2.75) is 24.6 Å². The Hall–Kier alpha value is -3.84. The molecule has 2 unspecified atom stereocenters. The van der Waals surface area contributed by atoms with E-state index in [0.717, 1.165) is 24.4 Å². The Morgan fingerprint density at radius 2 is 1.83 bits per heavy atom. The number of carbonyl (C=O) groups is 2. The number of carbonyl (C=O) groups excluding carboxylic acids is 2. The predicted octanol–water partition coefficient (Wildman–Crippen LogP) is 2.58. The predicted molar refractivity (Wildman–Crippen MR) is 112 cm³/mol. The molecule has 3 aromatic rings. The minimum Gasteiger partial charge on any atom is -0.361 e. The van der Waals surface area contributed by atoms with Gasteiger partial charge in [0, 0.05) is 11.8 Å². The number of hydrogen-bond acceptors (Lipinski definition) is 5. The van der Waals surface area contributed by atoms with Gasteiger partial charge in [-0.25, -0.2) is 4.68 Å². The van der Waals surface area contributed by atoms with Gasteiger partial charge < -0.3 is 15.7 Å². The van der Waals surface area contributed by atoms with E-state index in [4.69, 9.17) is 0 Å². The number of aliphatic hydroxyl groups excluding tert-OH is 1. The molecular weight excluding hydrogens is 477 g/mol. The zero-order valence-electron chi connectivity index (χ0n) is 17.7. The molecule has 184 valence electrons. The summed E-state index contributed by atoms with van der Waals surface area (Å²) in [5.74, 6) is -1.59. The van der Waals surface area contributed by atoms with Gasteiger partial charge in [-0.3, -0.25) is 14.9 Å². The number of benzene rings is 2. The maximum absolute atomic E-state index is 13.4. The molecule has 2 heterocycles. The highest BCUT2D eigenvalue weighted by Crippen LogP contribution is 2.32. The van der Waals surface area contributed by atoms with Gasteiger partial charge in [-0.15, -0.1) is 0 Å². The third-order valence-electron chi connectivity index (χ3n) is 5.54. The van der Waals surface area contributed by atoms with Crippen LogP contribution in [0, 0.1) is 0 Å². The first-order valence-electron chi connectivity index (χ1n) is 10.2. The van der Waals surface area contributed by atoms with Crippen LogP contribution in [0.3, 0.4) is 0 Å². The van der Waals surface area contributed by atoms with Crippen LogP contribution in [0.15, 0.2) is 60.8 Å². The number of nitrogens with zero attached hydrogens (tertiary/aromatic N) is 2. The first-order chi connectivity index (χ1) is 16.5. The standard InChI is InChI=1S/C22H18F5N5O3/c23-19(24)32-16(9-10-29-32)21(18(34)30-20(35)31-21)11-28-17(33)15-4-2-1-3-14(15)12-5-7-13(8-6-12)22(25,26)27/h1-10,19-20,31,35H,11H2,(H,28,33)(H,30,34). The van der Waals surface area contributed by atoms with Crippen molar-refractivity contribution in [1.29, 1.82) is 0 Å². The van der Waals surface area contributed by atoms with E-state index in [0.29, 0.717) is 11.1 Å². The van der Waals surface area contributed by atoms with E-state index in [1.165, 1.54) is 30.3 Å². The Kier molecular flexibility index (Phi) is 6.30. The molecule has 13 heteroatoms. The molecule has 0 radical (unpaired) electrons. The fraction of sp³-hybridized carbons (Fsp3) is 0.227. The molecule has 35 heavy (non-hydrogen) atoms. The summed E-state index contributed by atoms with van der Waals surface area (Å²) in [6, 6.07) is 11.5.